The second kappa shape index (κ2) is 4.03. The Hall–Kier alpha value is -1.38. The maximum Gasteiger partial charge on any atom is 0.200 e. The van der Waals surface area contributed by atoms with Gasteiger partial charge in [0.15, 0.2) is 11.6 Å². The van der Waals surface area contributed by atoms with Crippen LogP contribution in [0.1, 0.15) is 12.5 Å². The molecule has 0 saturated heterocycles. The van der Waals surface area contributed by atoms with Crippen LogP contribution in [0.3, 0.4) is 0 Å². The molecule has 0 amide bonds. The molecule has 0 heterocycles. The summed E-state index contributed by atoms with van der Waals surface area (Å²) in [4.78, 5) is 0. The lowest BCUT2D eigenvalue weighted by Crippen LogP contribution is -1.92. The fraction of sp³-hybridized carbons (Fsp3) is 0.200. The molecule has 0 aliphatic carbocycles. The first-order valence-electron chi connectivity index (χ1n) is 3.93. The van der Waals surface area contributed by atoms with Gasteiger partial charge in [-0.3, -0.25) is 0 Å². The van der Waals surface area contributed by atoms with Crippen molar-refractivity contribution >= 4 is 0 Å². The molecule has 70 valence electrons. The summed E-state index contributed by atoms with van der Waals surface area (Å²) in [6.45, 7) is 1.80. The van der Waals surface area contributed by atoms with Gasteiger partial charge >= 0.3 is 0 Å². The summed E-state index contributed by atoms with van der Waals surface area (Å²) in [5.41, 5.74) is 0.244. The maximum atomic E-state index is 13.0. The number of hydrogen-bond donors (Lipinski definition) is 1. The minimum Gasteiger partial charge on any atom is -0.505 e. The molecule has 1 aromatic carbocycles. The second-order valence-electron chi connectivity index (χ2n) is 2.64. The first-order chi connectivity index (χ1) is 6.16. The molecule has 0 bridgehead atoms. The highest BCUT2D eigenvalue weighted by atomic mass is 19.2. The van der Waals surface area contributed by atoms with Gasteiger partial charge in [-0.05, 0) is 25.0 Å². The lowest BCUT2D eigenvalue weighted by Gasteiger charge is -2.01. The van der Waals surface area contributed by atoms with Crippen LogP contribution in [0.2, 0.25) is 0 Å². The Bertz CT molecular complexity index is 332. The van der Waals surface area contributed by atoms with Crippen molar-refractivity contribution in [1.82, 2.24) is 0 Å². The van der Waals surface area contributed by atoms with Gasteiger partial charge in [0.05, 0.1) is 0 Å². The first kappa shape index (κ1) is 9.71. The molecule has 0 fully saturated rings. The summed E-state index contributed by atoms with van der Waals surface area (Å²) in [6, 6.07) is 2.52. The summed E-state index contributed by atoms with van der Waals surface area (Å²) >= 11 is 0. The van der Waals surface area contributed by atoms with Gasteiger partial charge < -0.3 is 5.11 Å². The van der Waals surface area contributed by atoms with Gasteiger partial charge in [0, 0.05) is 0 Å². The van der Waals surface area contributed by atoms with Crippen molar-refractivity contribution in [2.24, 2.45) is 0 Å². The Kier molecular flexibility index (Phi) is 3.01. The molecule has 0 aliphatic heterocycles. The average molecular weight is 184 g/mol. The summed E-state index contributed by atoms with van der Waals surface area (Å²) in [5, 5.41) is 8.82. The van der Waals surface area contributed by atoms with E-state index in [1.807, 2.05) is 0 Å². The van der Waals surface area contributed by atoms with Gasteiger partial charge in [0.2, 0.25) is 5.82 Å². The van der Waals surface area contributed by atoms with Crippen LogP contribution in [0.15, 0.2) is 24.3 Å². The van der Waals surface area contributed by atoms with Gasteiger partial charge in [0.25, 0.3) is 0 Å². The first-order valence-corrected chi connectivity index (χ1v) is 3.93. The smallest absolute Gasteiger partial charge is 0.200 e. The predicted molar refractivity (Wildman–Crippen MR) is 46.5 cm³/mol. The van der Waals surface area contributed by atoms with Gasteiger partial charge in [0.1, 0.15) is 0 Å². The highest BCUT2D eigenvalue weighted by Crippen LogP contribution is 2.21. The molecule has 1 N–H and O–H groups in total. The normalized spacial score (nSPS) is 11.0. The zero-order valence-corrected chi connectivity index (χ0v) is 7.22. The Morgan fingerprint density at radius 3 is 2.62 bits per heavy atom. The summed E-state index contributed by atoms with van der Waals surface area (Å²) in [7, 11) is 0. The van der Waals surface area contributed by atoms with E-state index in [-0.39, 0.29) is 5.56 Å². The molecule has 0 aliphatic rings. The van der Waals surface area contributed by atoms with Crippen LogP contribution in [0.4, 0.5) is 8.78 Å². The molecule has 0 atom stereocenters. The van der Waals surface area contributed by atoms with Crippen LogP contribution in [0.25, 0.3) is 0 Å². The van der Waals surface area contributed by atoms with Crippen molar-refractivity contribution in [1.29, 1.82) is 0 Å². The van der Waals surface area contributed by atoms with Crippen molar-refractivity contribution < 1.29 is 13.9 Å². The van der Waals surface area contributed by atoms with Gasteiger partial charge in [-0.1, -0.05) is 18.2 Å². The fourth-order valence-corrected chi connectivity index (χ4v) is 0.982. The number of allylic oxidation sites excluding steroid dienone is 2. The van der Waals surface area contributed by atoms with Crippen molar-refractivity contribution in [3.8, 4) is 5.75 Å². The molecule has 13 heavy (non-hydrogen) atoms. The summed E-state index contributed by atoms with van der Waals surface area (Å²) in [5.74, 6) is -2.80. The van der Waals surface area contributed by atoms with E-state index in [2.05, 4.69) is 0 Å². The number of rotatable bonds is 2. The van der Waals surface area contributed by atoms with Crippen LogP contribution >= 0.6 is 0 Å². The number of halogens is 2. The molecule has 1 nitrogen and oxygen atoms in total. The number of phenolic OH excluding ortho intramolecular Hbond substituents is 1. The molecule has 0 spiro atoms. The van der Waals surface area contributed by atoms with E-state index in [1.165, 1.54) is 6.07 Å². The number of benzene rings is 1. The Morgan fingerprint density at radius 1 is 1.31 bits per heavy atom. The third-order valence-electron chi connectivity index (χ3n) is 1.72. The molecule has 1 rings (SSSR count). The standard InChI is InChI=1S/C10H10F2O/c1-2-3-4-7-5-6-8(13)10(12)9(7)11/h2-3,5-6,13H,4H2,1H3. The van der Waals surface area contributed by atoms with Crippen LogP contribution in [0, 0.1) is 11.6 Å². The number of hydrogen-bond acceptors (Lipinski definition) is 1. The molecule has 3 heteroatoms. The summed E-state index contributed by atoms with van der Waals surface area (Å²) in [6.07, 6.45) is 3.80. The monoisotopic (exact) mass is 184 g/mol. The third kappa shape index (κ3) is 2.05. The van der Waals surface area contributed by atoms with E-state index in [9.17, 15) is 8.78 Å². The Balaban J connectivity index is 3.03. The van der Waals surface area contributed by atoms with Crippen LogP contribution < -0.4 is 0 Å². The van der Waals surface area contributed by atoms with Crippen LogP contribution in [0.5, 0.6) is 5.75 Å². The van der Waals surface area contributed by atoms with Crippen molar-refractivity contribution in [2.45, 2.75) is 13.3 Å². The molecule has 0 unspecified atom stereocenters. The molecular weight excluding hydrogens is 174 g/mol. The number of phenols is 1. The van der Waals surface area contributed by atoms with Crippen molar-refractivity contribution in [3.05, 3.63) is 41.5 Å². The van der Waals surface area contributed by atoms with E-state index in [0.29, 0.717) is 6.42 Å². The molecular formula is C10H10F2O. The SMILES string of the molecule is CC=CCc1ccc(O)c(F)c1F. The lowest BCUT2D eigenvalue weighted by molar-refractivity contribution is 0.404. The van der Waals surface area contributed by atoms with E-state index in [1.54, 1.807) is 19.1 Å². The minimum absolute atomic E-state index is 0.244. The second-order valence-corrected chi connectivity index (χ2v) is 2.64. The van der Waals surface area contributed by atoms with Gasteiger partial charge in [-0.15, -0.1) is 0 Å². The highest BCUT2D eigenvalue weighted by molar-refractivity contribution is 5.30. The third-order valence-corrected chi connectivity index (χ3v) is 1.72. The molecule has 1 aromatic rings. The van der Waals surface area contributed by atoms with Crippen molar-refractivity contribution in [3.63, 3.8) is 0 Å². The molecule has 0 saturated carbocycles. The fourth-order valence-electron chi connectivity index (χ4n) is 0.982. The van der Waals surface area contributed by atoms with E-state index >= 15 is 0 Å². The summed E-state index contributed by atoms with van der Waals surface area (Å²) < 4.78 is 25.8. The zero-order valence-electron chi connectivity index (χ0n) is 7.22. The number of aromatic hydroxyl groups is 1. The van der Waals surface area contributed by atoms with Gasteiger partial charge in [-0.2, -0.15) is 4.39 Å². The predicted octanol–water partition coefficient (Wildman–Crippen LogP) is 2.79. The Labute approximate surface area is 75.3 Å². The van der Waals surface area contributed by atoms with Crippen molar-refractivity contribution in [2.75, 3.05) is 0 Å². The lowest BCUT2D eigenvalue weighted by atomic mass is 10.1. The molecule has 0 aromatic heterocycles. The van der Waals surface area contributed by atoms with E-state index in [0.717, 1.165) is 6.07 Å². The van der Waals surface area contributed by atoms with Crippen LogP contribution in [-0.2, 0) is 6.42 Å². The maximum absolute atomic E-state index is 13.0. The average Bonchev–Trinajstić information content (AvgIpc) is 2.13. The highest BCUT2D eigenvalue weighted by Gasteiger charge is 2.10. The molecule has 0 radical (unpaired) electrons. The Morgan fingerprint density at radius 2 is 2.00 bits per heavy atom. The largest absolute Gasteiger partial charge is 0.505 e. The zero-order chi connectivity index (χ0) is 9.84. The van der Waals surface area contributed by atoms with Gasteiger partial charge in [-0.25, -0.2) is 4.39 Å². The van der Waals surface area contributed by atoms with Crippen LogP contribution in [-0.4, -0.2) is 5.11 Å². The minimum atomic E-state index is -1.18. The van der Waals surface area contributed by atoms with E-state index < -0.39 is 17.4 Å². The van der Waals surface area contributed by atoms with E-state index in [4.69, 9.17) is 5.11 Å². The topological polar surface area (TPSA) is 20.2 Å². The quantitative estimate of drug-likeness (QED) is 0.700.